The summed E-state index contributed by atoms with van der Waals surface area (Å²) in [5.41, 5.74) is 6.81. The summed E-state index contributed by atoms with van der Waals surface area (Å²) >= 11 is 6.02. The zero-order valence-corrected chi connectivity index (χ0v) is 13.2. The molecule has 1 rings (SSSR count). The predicted molar refractivity (Wildman–Crippen MR) is 86.1 cm³/mol. The number of nitrogens with one attached hydrogen (secondary N) is 1. The first kappa shape index (κ1) is 16.8. The fourth-order valence-corrected chi connectivity index (χ4v) is 2.22. The first-order valence-electron chi connectivity index (χ1n) is 6.99. The Morgan fingerprint density at radius 3 is 2.80 bits per heavy atom. The maximum atomic E-state index is 11.9. The number of rotatable bonds is 7. The van der Waals surface area contributed by atoms with Crippen molar-refractivity contribution in [3.63, 3.8) is 0 Å². The average molecular weight is 298 g/mol. The molecule has 1 unspecified atom stereocenters. The summed E-state index contributed by atoms with van der Waals surface area (Å²) in [5.74, 6) is -0.0350. The number of hydrogen-bond acceptors (Lipinski definition) is 3. The van der Waals surface area contributed by atoms with Gasteiger partial charge in [0.25, 0.3) is 0 Å². The third-order valence-electron chi connectivity index (χ3n) is 3.42. The smallest absolute Gasteiger partial charge is 0.225 e. The molecule has 0 aromatic heterocycles. The number of nitrogen functional groups attached to an aromatic ring is 1. The number of benzene rings is 1. The van der Waals surface area contributed by atoms with E-state index in [1.807, 2.05) is 7.05 Å². The summed E-state index contributed by atoms with van der Waals surface area (Å²) in [6.45, 7) is 5.08. The largest absolute Gasteiger partial charge is 0.399 e. The van der Waals surface area contributed by atoms with Gasteiger partial charge in [0.2, 0.25) is 5.91 Å². The lowest BCUT2D eigenvalue weighted by molar-refractivity contribution is -0.116. The lowest BCUT2D eigenvalue weighted by Gasteiger charge is -2.23. The van der Waals surface area contributed by atoms with Gasteiger partial charge in [-0.1, -0.05) is 24.9 Å². The molecule has 3 N–H and O–H groups in total. The highest BCUT2D eigenvalue weighted by Gasteiger charge is 2.11. The van der Waals surface area contributed by atoms with Crippen LogP contribution in [0.2, 0.25) is 5.02 Å². The minimum absolute atomic E-state index is 0.0350. The maximum Gasteiger partial charge on any atom is 0.225 e. The number of halogens is 1. The van der Waals surface area contributed by atoms with E-state index in [1.165, 1.54) is 0 Å². The molecule has 0 bridgehead atoms. The molecule has 0 spiro atoms. The molecular weight excluding hydrogens is 274 g/mol. The van der Waals surface area contributed by atoms with E-state index < -0.39 is 0 Å². The maximum absolute atomic E-state index is 11.9. The van der Waals surface area contributed by atoms with Gasteiger partial charge in [-0.3, -0.25) is 4.79 Å². The molecule has 0 fully saturated rings. The molecule has 5 heteroatoms. The fraction of sp³-hybridized carbons (Fsp3) is 0.533. The zero-order valence-electron chi connectivity index (χ0n) is 12.4. The Morgan fingerprint density at radius 2 is 2.20 bits per heavy atom. The van der Waals surface area contributed by atoms with Crippen LogP contribution in [0.15, 0.2) is 18.2 Å². The van der Waals surface area contributed by atoms with Crippen molar-refractivity contribution in [3.05, 3.63) is 23.2 Å². The van der Waals surface area contributed by atoms with Gasteiger partial charge in [-0.2, -0.15) is 0 Å². The Labute approximate surface area is 126 Å². The molecule has 20 heavy (non-hydrogen) atoms. The van der Waals surface area contributed by atoms with Crippen molar-refractivity contribution < 1.29 is 4.79 Å². The Hall–Kier alpha value is -1.26. The summed E-state index contributed by atoms with van der Waals surface area (Å²) in [7, 11) is 2.05. The number of carbonyl (C=O) groups is 1. The number of nitrogens with zero attached hydrogens (tertiary/aromatic N) is 1. The van der Waals surface area contributed by atoms with Crippen LogP contribution < -0.4 is 11.1 Å². The highest BCUT2D eigenvalue weighted by molar-refractivity contribution is 6.34. The molecular formula is C15H24ClN3O. The van der Waals surface area contributed by atoms with Crippen molar-refractivity contribution in [1.82, 2.24) is 4.90 Å². The van der Waals surface area contributed by atoms with Crippen LogP contribution in [-0.2, 0) is 4.79 Å². The third kappa shape index (κ3) is 5.39. The van der Waals surface area contributed by atoms with Crippen LogP contribution in [0.25, 0.3) is 0 Å². The summed E-state index contributed by atoms with van der Waals surface area (Å²) < 4.78 is 0. The monoisotopic (exact) mass is 297 g/mol. The van der Waals surface area contributed by atoms with Crippen molar-refractivity contribution in [2.75, 3.05) is 24.6 Å². The van der Waals surface area contributed by atoms with E-state index in [0.717, 1.165) is 19.4 Å². The van der Waals surface area contributed by atoms with Crippen LogP contribution in [0.1, 0.15) is 33.1 Å². The molecule has 0 aliphatic heterocycles. The Morgan fingerprint density at radius 1 is 1.50 bits per heavy atom. The summed E-state index contributed by atoms with van der Waals surface area (Å²) in [6, 6.07) is 5.57. The highest BCUT2D eigenvalue weighted by atomic mass is 35.5. The second-order valence-corrected chi connectivity index (χ2v) is 5.56. The van der Waals surface area contributed by atoms with E-state index in [9.17, 15) is 4.79 Å². The zero-order chi connectivity index (χ0) is 15.1. The lowest BCUT2D eigenvalue weighted by Crippen LogP contribution is -2.32. The van der Waals surface area contributed by atoms with Gasteiger partial charge >= 0.3 is 0 Å². The normalized spacial score (nSPS) is 12.4. The molecule has 0 radical (unpaired) electrons. The van der Waals surface area contributed by atoms with E-state index in [0.29, 0.717) is 28.9 Å². The van der Waals surface area contributed by atoms with Gasteiger partial charge in [0.05, 0.1) is 10.7 Å². The Bertz CT molecular complexity index is 451. The summed E-state index contributed by atoms with van der Waals surface area (Å²) in [5, 5.41) is 3.27. The second kappa shape index (κ2) is 8.12. The van der Waals surface area contributed by atoms with E-state index in [1.54, 1.807) is 18.2 Å². The van der Waals surface area contributed by atoms with Crippen molar-refractivity contribution in [3.8, 4) is 0 Å². The minimum atomic E-state index is -0.0350. The molecule has 112 valence electrons. The van der Waals surface area contributed by atoms with Gasteiger partial charge in [0, 0.05) is 24.7 Å². The molecule has 4 nitrogen and oxygen atoms in total. The van der Waals surface area contributed by atoms with E-state index in [4.69, 9.17) is 17.3 Å². The average Bonchev–Trinajstić information content (AvgIpc) is 2.39. The molecule has 0 aliphatic rings. The first-order chi connectivity index (χ1) is 9.43. The van der Waals surface area contributed by atoms with Crippen LogP contribution in [0.3, 0.4) is 0 Å². The molecule has 1 atom stereocenters. The standard InChI is InChI=1S/C15H24ClN3O/c1-4-5-11(2)19(3)9-8-15(20)18-14-7-6-12(17)10-13(14)16/h6-7,10-11H,4-5,8-9,17H2,1-3H3,(H,18,20). The van der Waals surface area contributed by atoms with Gasteiger partial charge < -0.3 is 16.0 Å². The van der Waals surface area contributed by atoms with Gasteiger partial charge in [0.1, 0.15) is 0 Å². The number of hydrogen-bond donors (Lipinski definition) is 2. The number of nitrogens with two attached hydrogens (primary N) is 1. The fourth-order valence-electron chi connectivity index (χ4n) is 1.98. The van der Waals surface area contributed by atoms with Crippen molar-refractivity contribution in [1.29, 1.82) is 0 Å². The van der Waals surface area contributed by atoms with Gasteiger partial charge in [-0.25, -0.2) is 0 Å². The predicted octanol–water partition coefficient (Wildman–Crippen LogP) is 3.37. The van der Waals surface area contributed by atoms with E-state index in [-0.39, 0.29) is 5.91 Å². The van der Waals surface area contributed by atoms with Crippen molar-refractivity contribution in [2.45, 2.75) is 39.2 Å². The molecule has 1 amide bonds. The highest BCUT2D eigenvalue weighted by Crippen LogP contribution is 2.24. The van der Waals surface area contributed by atoms with E-state index >= 15 is 0 Å². The lowest BCUT2D eigenvalue weighted by atomic mass is 10.1. The van der Waals surface area contributed by atoms with Crippen LogP contribution in [0.4, 0.5) is 11.4 Å². The van der Waals surface area contributed by atoms with Crippen LogP contribution in [0.5, 0.6) is 0 Å². The molecule has 0 saturated heterocycles. The second-order valence-electron chi connectivity index (χ2n) is 5.16. The quantitative estimate of drug-likeness (QED) is 0.759. The van der Waals surface area contributed by atoms with Crippen LogP contribution >= 0.6 is 11.6 Å². The van der Waals surface area contributed by atoms with Crippen molar-refractivity contribution in [2.24, 2.45) is 0 Å². The number of amides is 1. The first-order valence-corrected chi connectivity index (χ1v) is 7.37. The third-order valence-corrected chi connectivity index (χ3v) is 3.73. The van der Waals surface area contributed by atoms with Crippen molar-refractivity contribution >= 4 is 28.9 Å². The van der Waals surface area contributed by atoms with Crippen LogP contribution in [0, 0.1) is 0 Å². The van der Waals surface area contributed by atoms with Gasteiger partial charge in [-0.05, 0) is 38.6 Å². The number of anilines is 2. The molecule has 1 aromatic rings. The summed E-state index contributed by atoms with van der Waals surface area (Å²) in [4.78, 5) is 14.1. The van der Waals surface area contributed by atoms with E-state index in [2.05, 4.69) is 24.1 Å². The SMILES string of the molecule is CCCC(C)N(C)CCC(=O)Nc1ccc(N)cc1Cl. The Kier molecular flexibility index (Phi) is 6.82. The van der Waals surface area contributed by atoms with Gasteiger partial charge in [0.15, 0.2) is 0 Å². The molecule has 0 aliphatic carbocycles. The Balaban J connectivity index is 2.44. The molecule has 1 aromatic carbocycles. The topological polar surface area (TPSA) is 58.4 Å². The molecule has 0 heterocycles. The number of carbonyl (C=O) groups excluding carboxylic acids is 1. The van der Waals surface area contributed by atoms with Gasteiger partial charge in [-0.15, -0.1) is 0 Å². The van der Waals surface area contributed by atoms with Crippen LogP contribution in [-0.4, -0.2) is 30.4 Å². The minimum Gasteiger partial charge on any atom is -0.399 e. The summed E-state index contributed by atoms with van der Waals surface area (Å²) in [6.07, 6.45) is 2.74. The molecule has 0 saturated carbocycles.